The van der Waals surface area contributed by atoms with Gasteiger partial charge in [-0.25, -0.2) is 8.78 Å². The Hall–Kier alpha value is -1.85. The lowest BCUT2D eigenvalue weighted by Crippen LogP contribution is -2.25. The molecule has 0 aliphatic rings. The molecule has 3 nitrogen and oxygen atoms in total. The van der Waals surface area contributed by atoms with Crippen LogP contribution < -0.4 is 0 Å². The molecule has 2 rings (SSSR count). The van der Waals surface area contributed by atoms with E-state index in [2.05, 4.69) is 4.98 Å². The number of rotatable bonds is 5. The number of pyridine rings is 1. The van der Waals surface area contributed by atoms with Crippen molar-refractivity contribution in [3.8, 4) is 0 Å². The van der Waals surface area contributed by atoms with Crippen LogP contribution in [0.2, 0.25) is 0 Å². The molecule has 0 saturated carbocycles. The third-order valence-corrected chi connectivity index (χ3v) is 2.98. The van der Waals surface area contributed by atoms with Gasteiger partial charge >= 0.3 is 0 Å². The number of hydrogen-bond acceptors (Lipinski definition) is 3. The first-order chi connectivity index (χ1) is 9.58. The second-order valence-corrected chi connectivity index (χ2v) is 4.68. The van der Waals surface area contributed by atoms with Crippen LogP contribution in [-0.4, -0.2) is 28.6 Å². The number of nitrogens with zero attached hydrogens (tertiary/aromatic N) is 2. The Morgan fingerprint density at radius 2 is 2.00 bits per heavy atom. The Morgan fingerprint density at radius 3 is 2.70 bits per heavy atom. The van der Waals surface area contributed by atoms with E-state index >= 15 is 0 Å². The lowest BCUT2D eigenvalue weighted by atomic mass is 10.1. The normalized spacial score (nSPS) is 12.7. The molecule has 0 bridgehead atoms. The van der Waals surface area contributed by atoms with Gasteiger partial charge < -0.3 is 5.11 Å². The summed E-state index contributed by atoms with van der Waals surface area (Å²) in [6.07, 6.45) is 0.602. The SMILES string of the molecule is CN(Cc1ccccn1)CC(O)c1cccc(F)c1F. The fourth-order valence-corrected chi connectivity index (χ4v) is 2.00. The third-order valence-electron chi connectivity index (χ3n) is 2.98. The van der Waals surface area contributed by atoms with Crippen molar-refractivity contribution in [2.75, 3.05) is 13.6 Å². The summed E-state index contributed by atoms with van der Waals surface area (Å²) in [4.78, 5) is 5.98. The highest BCUT2D eigenvalue weighted by Gasteiger charge is 2.17. The van der Waals surface area contributed by atoms with E-state index in [-0.39, 0.29) is 12.1 Å². The maximum absolute atomic E-state index is 13.6. The van der Waals surface area contributed by atoms with E-state index in [0.717, 1.165) is 11.8 Å². The summed E-state index contributed by atoms with van der Waals surface area (Å²) in [6, 6.07) is 9.36. The lowest BCUT2D eigenvalue weighted by molar-refractivity contribution is 0.119. The van der Waals surface area contributed by atoms with Gasteiger partial charge in [0, 0.05) is 24.8 Å². The molecule has 0 amide bonds. The van der Waals surface area contributed by atoms with Gasteiger partial charge in [0.2, 0.25) is 0 Å². The Bertz CT molecular complexity index is 563. The summed E-state index contributed by atoms with van der Waals surface area (Å²) in [5.41, 5.74) is 0.819. The van der Waals surface area contributed by atoms with E-state index in [1.54, 1.807) is 18.1 Å². The molecule has 1 aromatic heterocycles. The predicted molar refractivity (Wildman–Crippen MR) is 71.9 cm³/mol. The summed E-state index contributed by atoms with van der Waals surface area (Å²) < 4.78 is 26.7. The van der Waals surface area contributed by atoms with Crippen LogP contribution in [0.5, 0.6) is 0 Å². The van der Waals surface area contributed by atoms with Crippen LogP contribution in [0.1, 0.15) is 17.4 Å². The molecule has 0 fully saturated rings. The van der Waals surface area contributed by atoms with Gasteiger partial charge in [0.25, 0.3) is 0 Å². The molecular weight excluding hydrogens is 262 g/mol. The van der Waals surface area contributed by atoms with Crippen LogP contribution >= 0.6 is 0 Å². The summed E-state index contributed by atoms with van der Waals surface area (Å²) in [5.74, 6) is -1.94. The monoisotopic (exact) mass is 278 g/mol. The second-order valence-electron chi connectivity index (χ2n) is 4.68. The highest BCUT2D eigenvalue weighted by molar-refractivity contribution is 5.21. The average molecular weight is 278 g/mol. The standard InChI is InChI=1S/C15H16F2N2O/c1-19(9-11-5-2-3-8-18-11)10-14(20)12-6-4-7-13(16)15(12)17/h2-8,14,20H,9-10H2,1H3. The van der Waals surface area contributed by atoms with Gasteiger partial charge in [-0.15, -0.1) is 0 Å². The van der Waals surface area contributed by atoms with Crippen LogP contribution in [0.15, 0.2) is 42.6 Å². The summed E-state index contributed by atoms with van der Waals surface area (Å²) >= 11 is 0. The molecule has 1 unspecified atom stereocenters. The maximum atomic E-state index is 13.6. The molecule has 2 aromatic rings. The lowest BCUT2D eigenvalue weighted by Gasteiger charge is -2.20. The highest BCUT2D eigenvalue weighted by atomic mass is 19.2. The van der Waals surface area contributed by atoms with E-state index in [1.165, 1.54) is 12.1 Å². The minimum absolute atomic E-state index is 0.0297. The van der Waals surface area contributed by atoms with Crippen LogP contribution in [0.25, 0.3) is 0 Å². The molecule has 1 atom stereocenters. The molecule has 0 radical (unpaired) electrons. The Kier molecular flexibility index (Phi) is 4.76. The van der Waals surface area contributed by atoms with Crippen LogP contribution in [-0.2, 0) is 6.54 Å². The largest absolute Gasteiger partial charge is 0.387 e. The quantitative estimate of drug-likeness (QED) is 0.913. The molecule has 20 heavy (non-hydrogen) atoms. The molecule has 0 saturated heterocycles. The number of likely N-dealkylation sites (N-methyl/N-ethyl adjacent to an activating group) is 1. The number of aromatic nitrogens is 1. The highest BCUT2D eigenvalue weighted by Crippen LogP contribution is 2.20. The van der Waals surface area contributed by atoms with Gasteiger partial charge in [0.05, 0.1) is 11.8 Å². The summed E-state index contributed by atoms with van der Waals surface area (Å²) in [7, 11) is 1.79. The van der Waals surface area contributed by atoms with Gasteiger partial charge in [-0.3, -0.25) is 9.88 Å². The van der Waals surface area contributed by atoms with Crippen molar-refractivity contribution in [1.82, 2.24) is 9.88 Å². The van der Waals surface area contributed by atoms with E-state index in [1.807, 2.05) is 18.2 Å². The molecule has 1 N–H and O–H groups in total. The van der Waals surface area contributed by atoms with Gasteiger partial charge in [0.15, 0.2) is 11.6 Å². The van der Waals surface area contributed by atoms with Crippen molar-refractivity contribution >= 4 is 0 Å². The fraction of sp³-hybridized carbons (Fsp3) is 0.267. The number of halogens is 2. The number of aliphatic hydroxyl groups excluding tert-OH is 1. The smallest absolute Gasteiger partial charge is 0.164 e. The molecule has 5 heteroatoms. The molecule has 0 aliphatic heterocycles. The second kappa shape index (κ2) is 6.54. The summed E-state index contributed by atoms with van der Waals surface area (Å²) in [5, 5.41) is 10.0. The average Bonchev–Trinajstić information content (AvgIpc) is 2.42. The van der Waals surface area contributed by atoms with E-state index in [0.29, 0.717) is 6.54 Å². The minimum Gasteiger partial charge on any atom is -0.387 e. The van der Waals surface area contributed by atoms with Crippen molar-refractivity contribution < 1.29 is 13.9 Å². The van der Waals surface area contributed by atoms with Crippen molar-refractivity contribution in [1.29, 1.82) is 0 Å². The van der Waals surface area contributed by atoms with Crippen LogP contribution in [0, 0.1) is 11.6 Å². The van der Waals surface area contributed by atoms with Crippen molar-refractivity contribution in [3.05, 3.63) is 65.5 Å². The molecule has 1 aromatic carbocycles. The summed E-state index contributed by atoms with van der Waals surface area (Å²) in [6.45, 7) is 0.714. The Balaban J connectivity index is 2.00. The maximum Gasteiger partial charge on any atom is 0.164 e. The number of benzene rings is 1. The van der Waals surface area contributed by atoms with E-state index < -0.39 is 17.7 Å². The molecule has 0 aliphatic carbocycles. The third kappa shape index (κ3) is 3.59. The van der Waals surface area contributed by atoms with Crippen molar-refractivity contribution in [2.24, 2.45) is 0 Å². The van der Waals surface area contributed by atoms with Crippen molar-refractivity contribution in [3.63, 3.8) is 0 Å². The number of aliphatic hydroxyl groups is 1. The van der Waals surface area contributed by atoms with E-state index in [4.69, 9.17) is 0 Å². The van der Waals surface area contributed by atoms with Gasteiger partial charge in [-0.05, 0) is 25.2 Å². The number of hydrogen-bond donors (Lipinski definition) is 1. The molecule has 1 heterocycles. The van der Waals surface area contributed by atoms with Crippen LogP contribution in [0.3, 0.4) is 0 Å². The fourth-order valence-electron chi connectivity index (χ4n) is 2.00. The minimum atomic E-state index is -1.08. The van der Waals surface area contributed by atoms with Crippen LogP contribution in [0.4, 0.5) is 8.78 Å². The Morgan fingerprint density at radius 1 is 1.20 bits per heavy atom. The first-order valence-electron chi connectivity index (χ1n) is 6.28. The van der Waals surface area contributed by atoms with E-state index in [9.17, 15) is 13.9 Å². The molecular formula is C15H16F2N2O. The van der Waals surface area contributed by atoms with Gasteiger partial charge in [-0.1, -0.05) is 18.2 Å². The topological polar surface area (TPSA) is 36.4 Å². The van der Waals surface area contributed by atoms with Gasteiger partial charge in [0.1, 0.15) is 0 Å². The zero-order chi connectivity index (χ0) is 14.5. The Labute approximate surface area is 116 Å². The predicted octanol–water partition coefficient (Wildman–Crippen LogP) is 2.53. The van der Waals surface area contributed by atoms with Gasteiger partial charge in [-0.2, -0.15) is 0 Å². The zero-order valence-corrected chi connectivity index (χ0v) is 11.1. The molecule has 106 valence electrons. The molecule has 0 spiro atoms. The first kappa shape index (κ1) is 14.6. The van der Waals surface area contributed by atoms with Crippen molar-refractivity contribution in [2.45, 2.75) is 12.6 Å². The first-order valence-corrected chi connectivity index (χ1v) is 6.28. The zero-order valence-electron chi connectivity index (χ0n) is 11.1.